The van der Waals surface area contributed by atoms with E-state index < -0.39 is 0 Å². The Kier molecular flexibility index (Phi) is 6.04. The first-order valence-electron chi connectivity index (χ1n) is 8.44. The molecular weight excluding hydrogens is 372 g/mol. The fourth-order valence-corrected chi connectivity index (χ4v) is 3.21. The summed E-state index contributed by atoms with van der Waals surface area (Å²) < 4.78 is 5.12. The second-order valence-corrected chi connectivity index (χ2v) is 6.69. The van der Waals surface area contributed by atoms with Crippen LogP contribution in [0.2, 0.25) is 0 Å². The number of amides is 1. The highest BCUT2D eigenvalue weighted by Gasteiger charge is 2.12. The summed E-state index contributed by atoms with van der Waals surface area (Å²) >= 11 is 1.40. The molecule has 6 nitrogen and oxygen atoms in total. The number of anilines is 2. The van der Waals surface area contributed by atoms with E-state index >= 15 is 0 Å². The molecule has 0 unspecified atom stereocenters. The average molecular weight is 390 g/mol. The third-order valence-electron chi connectivity index (χ3n) is 3.86. The van der Waals surface area contributed by atoms with Crippen LogP contribution < -0.4 is 15.4 Å². The minimum atomic E-state index is -0.259. The van der Waals surface area contributed by atoms with Gasteiger partial charge in [0.1, 0.15) is 22.4 Å². The van der Waals surface area contributed by atoms with Gasteiger partial charge in [-0.15, -0.1) is 11.3 Å². The molecule has 3 aromatic rings. The first-order chi connectivity index (χ1) is 13.6. The standard InChI is InChI=1S/C21H18N4O2S/c1-14-13-28-21(24-14)15(11-22)12-23-19-6-4-3-5-18(19)20(26)25-16-7-9-17(27-2)10-8-16/h3-10,12-13,23H,1-2H3,(H,25,26)/b15-12+. The summed E-state index contributed by atoms with van der Waals surface area (Å²) in [5.41, 5.74) is 2.98. The number of rotatable bonds is 6. The van der Waals surface area contributed by atoms with Crippen LogP contribution in [0.4, 0.5) is 11.4 Å². The zero-order valence-electron chi connectivity index (χ0n) is 15.4. The van der Waals surface area contributed by atoms with Crippen molar-refractivity contribution < 1.29 is 9.53 Å². The SMILES string of the molecule is COc1ccc(NC(=O)c2ccccc2N/C=C(\C#N)c2nc(C)cs2)cc1. The first kappa shape index (κ1) is 19.1. The Hall–Kier alpha value is -3.63. The number of nitrogens with one attached hydrogen (secondary N) is 2. The Labute approximate surface area is 167 Å². The molecule has 1 amide bonds. The molecule has 0 aliphatic rings. The number of hydrogen-bond donors (Lipinski definition) is 2. The van der Waals surface area contributed by atoms with Crippen molar-refractivity contribution in [1.82, 2.24) is 4.98 Å². The Bertz CT molecular complexity index is 1050. The predicted molar refractivity (Wildman–Crippen MR) is 111 cm³/mol. The van der Waals surface area contributed by atoms with Crippen LogP contribution in [-0.2, 0) is 0 Å². The van der Waals surface area contributed by atoms with Crippen LogP contribution in [-0.4, -0.2) is 18.0 Å². The van der Waals surface area contributed by atoms with Gasteiger partial charge in [0, 0.05) is 23.0 Å². The molecule has 1 heterocycles. The van der Waals surface area contributed by atoms with Crippen LogP contribution in [0.3, 0.4) is 0 Å². The van der Waals surface area contributed by atoms with Gasteiger partial charge in [0.2, 0.25) is 0 Å². The van der Waals surface area contributed by atoms with Gasteiger partial charge in [-0.2, -0.15) is 5.26 Å². The Morgan fingerprint density at radius 2 is 1.96 bits per heavy atom. The zero-order valence-corrected chi connectivity index (χ0v) is 16.2. The normalized spacial score (nSPS) is 10.8. The topological polar surface area (TPSA) is 87.0 Å². The third-order valence-corrected chi connectivity index (χ3v) is 4.85. The van der Waals surface area contributed by atoms with Crippen molar-refractivity contribution in [1.29, 1.82) is 5.26 Å². The van der Waals surface area contributed by atoms with E-state index in [9.17, 15) is 10.1 Å². The van der Waals surface area contributed by atoms with Gasteiger partial charge < -0.3 is 15.4 Å². The summed E-state index contributed by atoms with van der Waals surface area (Å²) in [6, 6.07) is 16.3. The van der Waals surface area contributed by atoms with Gasteiger partial charge in [0.05, 0.1) is 18.4 Å². The van der Waals surface area contributed by atoms with Crippen LogP contribution in [0.25, 0.3) is 5.57 Å². The summed E-state index contributed by atoms with van der Waals surface area (Å²) in [6.45, 7) is 1.88. The fourth-order valence-electron chi connectivity index (χ4n) is 2.45. The van der Waals surface area contributed by atoms with Crippen molar-refractivity contribution in [3.8, 4) is 11.8 Å². The van der Waals surface area contributed by atoms with Crippen molar-refractivity contribution in [3.05, 3.63) is 76.4 Å². The maximum atomic E-state index is 12.7. The van der Waals surface area contributed by atoms with Gasteiger partial charge in [-0.1, -0.05) is 12.1 Å². The summed E-state index contributed by atoms with van der Waals surface area (Å²) in [4.78, 5) is 17.0. The predicted octanol–water partition coefficient (Wildman–Crippen LogP) is 4.69. The number of allylic oxidation sites excluding steroid dienone is 1. The molecule has 2 aromatic carbocycles. The molecular formula is C21H18N4O2S. The van der Waals surface area contributed by atoms with Crippen molar-refractivity contribution in [2.45, 2.75) is 6.92 Å². The molecule has 28 heavy (non-hydrogen) atoms. The number of hydrogen-bond acceptors (Lipinski definition) is 6. The number of methoxy groups -OCH3 is 1. The third kappa shape index (κ3) is 4.55. The summed E-state index contributed by atoms with van der Waals surface area (Å²) in [6.07, 6.45) is 1.57. The molecule has 140 valence electrons. The largest absolute Gasteiger partial charge is 0.497 e. The molecule has 0 aliphatic heterocycles. The van der Waals surface area contributed by atoms with Gasteiger partial charge in [-0.05, 0) is 43.3 Å². The Morgan fingerprint density at radius 1 is 1.21 bits per heavy atom. The number of nitriles is 1. The summed E-state index contributed by atoms with van der Waals surface area (Å²) in [5, 5.41) is 17.8. The molecule has 1 aromatic heterocycles. The molecule has 0 saturated heterocycles. The number of benzene rings is 2. The lowest BCUT2D eigenvalue weighted by molar-refractivity contribution is 0.102. The maximum Gasteiger partial charge on any atom is 0.257 e. The second kappa shape index (κ2) is 8.84. The molecule has 0 bridgehead atoms. The van der Waals surface area contributed by atoms with E-state index in [2.05, 4.69) is 21.7 Å². The van der Waals surface area contributed by atoms with Crippen LogP contribution >= 0.6 is 11.3 Å². The maximum absolute atomic E-state index is 12.7. The Morgan fingerprint density at radius 3 is 2.61 bits per heavy atom. The number of ether oxygens (including phenoxy) is 1. The van der Waals surface area contributed by atoms with E-state index in [0.717, 1.165) is 5.69 Å². The van der Waals surface area contributed by atoms with E-state index in [1.807, 2.05) is 18.4 Å². The summed E-state index contributed by atoms with van der Waals surface area (Å²) in [5.74, 6) is 0.455. The van der Waals surface area contributed by atoms with Crippen LogP contribution in [0.5, 0.6) is 5.75 Å². The van der Waals surface area contributed by atoms with Gasteiger partial charge in [-0.3, -0.25) is 4.79 Å². The average Bonchev–Trinajstić information content (AvgIpc) is 3.15. The van der Waals surface area contributed by atoms with Gasteiger partial charge >= 0.3 is 0 Å². The highest BCUT2D eigenvalue weighted by molar-refractivity contribution is 7.10. The number of carbonyl (C=O) groups is 1. The molecule has 0 radical (unpaired) electrons. The molecule has 0 spiro atoms. The number of aromatic nitrogens is 1. The van der Waals surface area contributed by atoms with E-state index in [1.54, 1.807) is 55.8 Å². The minimum Gasteiger partial charge on any atom is -0.497 e. The van der Waals surface area contributed by atoms with Gasteiger partial charge in [0.25, 0.3) is 5.91 Å². The second-order valence-electron chi connectivity index (χ2n) is 5.84. The molecule has 0 aliphatic carbocycles. The van der Waals surface area contributed by atoms with Crippen LogP contribution in [0.1, 0.15) is 21.1 Å². The molecule has 0 saturated carbocycles. The van der Waals surface area contributed by atoms with Crippen molar-refractivity contribution in [3.63, 3.8) is 0 Å². The van der Waals surface area contributed by atoms with E-state index in [1.165, 1.54) is 11.3 Å². The number of carbonyl (C=O) groups excluding carboxylic acids is 1. The number of para-hydroxylation sites is 1. The Balaban J connectivity index is 1.79. The fraction of sp³-hybridized carbons (Fsp3) is 0.0952. The molecule has 7 heteroatoms. The van der Waals surface area contributed by atoms with E-state index in [-0.39, 0.29) is 5.91 Å². The van der Waals surface area contributed by atoms with Gasteiger partial charge in [0.15, 0.2) is 0 Å². The summed E-state index contributed by atoms with van der Waals surface area (Å²) in [7, 11) is 1.59. The van der Waals surface area contributed by atoms with Crippen molar-refractivity contribution >= 4 is 34.2 Å². The monoisotopic (exact) mass is 390 g/mol. The molecule has 0 atom stereocenters. The molecule has 0 fully saturated rings. The van der Waals surface area contributed by atoms with Crippen molar-refractivity contribution in [2.24, 2.45) is 0 Å². The number of nitrogens with zero attached hydrogens (tertiary/aromatic N) is 2. The zero-order chi connectivity index (χ0) is 19.9. The quantitative estimate of drug-likeness (QED) is 0.596. The van der Waals surface area contributed by atoms with Crippen LogP contribution in [0.15, 0.2) is 60.1 Å². The van der Waals surface area contributed by atoms with E-state index in [0.29, 0.717) is 33.3 Å². The lowest BCUT2D eigenvalue weighted by Crippen LogP contribution is -2.13. The number of thiazole rings is 1. The number of aryl methyl sites for hydroxylation is 1. The van der Waals surface area contributed by atoms with Crippen molar-refractivity contribution in [2.75, 3.05) is 17.7 Å². The highest BCUT2D eigenvalue weighted by atomic mass is 32.1. The first-order valence-corrected chi connectivity index (χ1v) is 9.32. The molecule has 3 rings (SSSR count). The lowest BCUT2D eigenvalue weighted by atomic mass is 10.1. The van der Waals surface area contributed by atoms with E-state index in [4.69, 9.17) is 4.74 Å². The molecule has 2 N–H and O–H groups in total. The highest BCUT2D eigenvalue weighted by Crippen LogP contribution is 2.22. The smallest absolute Gasteiger partial charge is 0.257 e. The van der Waals surface area contributed by atoms with Crippen LogP contribution in [0, 0.1) is 18.3 Å². The minimum absolute atomic E-state index is 0.259. The lowest BCUT2D eigenvalue weighted by Gasteiger charge is -2.10. The van der Waals surface area contributed by atoms with Gasteiger partial charge in [-0.25, -0.2) is 4.98 Å².